The molecule has 0 spiro atoms. The molecule has 0 atom stereocenters. The van der Waals surface area contributed by atoms with Gasteiger partial charge in [0, 0.05) is 19.4 Å². The minimum atomic E-state index is 0.890. The van der Waals surface area contributed by atoms with E-state index in [4.69, 9.17) is 0 Å². The van der Waals surface area contributed by atoms with Crippen LogP contribution in [0.25, 0.3) is 0 Å². The Morgan fingerprint density at radius 2 is 1.55 bits per heavy atom. The highest BCUT2D eigenvalue weighted by Gasteiger charge is 1.97. The molecule has 0 saturated carbocycles. The molecule has 1 aromatic heterocycles. The van der Waals surface area contributed by atoms with E-state index in [1.54, 1.807) is 0 Å². The van der Waals surface area contributed by atoms with Gasteiger partial charge in [0.15, 0.2) is 0 Å². The summed E-state index contributed by atoms with van der Waals surface area (Å²) in [6, 6.07) is 0. The molecule has 116 valence electrons. The Morgan fingerprint density at radius 3 is 2.10 bits per heavy atom. The van der Waals surface area contributed by atoms with Crippen LogP contribution in [-0.4, -0.2) is 16.1 Å². The molecule has 0 unspecified atom stereocenters. The number of unbranched alkanes of at least 4 members (excludes halogenated alkanes) is 9. The summed E-state index contributed by atoms with van der Waals surface area (Å²) in [5, 5.41) is 3.47. The van der Waals surface area contributed by atoms with Crippen LogP contribution in [0.15, 0.2) is 12.4 Å². The SMILES string of the molecule is CCCCCCCCCCCCNCc1nccn1C. The second-order valence-electron chi connectivity index (χ2n) is 5.81. The van der Waals surface area contributed by atoms with E-state index in [2.05, 4.69) is 21.8 Å². The third kappa shape index (κ3) is 8.36. The number of aryl methyl sites for hydroxylation is 1. The number of rotatable bonds is 13. The maximum Gasteiger partial charge on any atom is 0.122 e. The second-order valence-corrected chi connectivity index (χ2v) is 5.81. The Bertz CT molecular complexity index is 320. The fourth-order valence-corrected chi connectivity index (χ4v) is 2.50. The number of nitrogens with zero attached hydrogens (tertiary/aromatic N) is 2. The molecule has 0 aliphatic rings. The number of imidazole rings is 1. The molecule has 0 radical (unpaired) electrons. The van der Waals surface area contributed by atoms with Crippen LogP contribution in [0.1, 0.15) is 77.0 Å². The van der Waals surface area contributed by atoms with Gasteiger partial charge in [0.05, 0.1) is 6.54 Å². The Balaban J connectivity index is 1.78. The first kappa shape index (κ1) is 17.2. The first-order valence-corrected chi connectivity index (χ1v) is 8.51. The second kappa shape index (κ2) is 12.0. The van der Waals surface area contributed by atoms with Crippen LogP contribution in [0.2, 0.25) is 0 Å². The first-order chi connectivity index (χ1) is 9.84. The van der Waals surface area contributed by atoms with Crippen LogP contribution >= 0.6 is 0 Å². The van der Waals surface area contributed by atoms with Gasteiger partial charge in [0.25, 0.3) is 0 Å². The Hall–Kier alpha value is -0.830. The van der Waals surface area contributed by atoms with Gasteiger partial charge in [-0.1, -0.05) is 64.7 Å². The van der Waals surface area contributed by atoms with Crippen molar-refractivity contribution < 1.29 is 0 Å². The summed E-state index contributed by atoms with van der Waals surface area (Å²) in [6.07, 6.45) is 17.9. The summed E-state index contributed by atoms with van der Waals surface area (Å²) >= 11 is 0. The fraction of sp³-hybridized carbons (Fsp3) is 0.824. The van der Waals surface area contributed by atoms with Gasteiger partial charge in [-0.25, -0.2) is 4.98 Å². The largest absolute Gasteiger partial charge is 0.337 e. The molecule has 1 N–H and O–H groups in total. The van der Waals surface area contributed by atoms with Gasteiger partial charge >= 0.3 is 0 Å². The zero-order valence-electron chi connectivity index (χ0n) is 13.5. The first-order valence-electron chi connectivity index (χ1n) is 8.51. The lowest BCUT2D eigenvalue weighted by atomic mass is 10.1. The molecule has 0 bridgehead atoms. The van der Waals surface area contributed by atoms with Gasteiger partial charge in [0.1, 0.15) is 5.82 Å². The molecule has 1 rings (SSSR count). The Morgan fingerprint density at radius 1 is 0.950 bits per heavy atom. The number of hydrogen-bond donors (Lipinski definition) is 1. The van der Waals surface area contributed by atoms with E-state index in [1.807, 2.05) is 19.4 Å². The van der Waals surface area contributed by atoms with Crippen molar-refractivity contribution in [3.8, 4) is 0 Å². The van der Waals surface area contributed by atoms with Crippen molar-refractivity contribution in [3.63, 3.8) is 0 Å². The van der Waals surface area contributed by atoms with Crippen molar-refractivity contribution in [2.45, 2.75) is 77.7 Å². The summed E-state index contributed by atoms with van der Waals surface area (Å²) in [4.78, 5) is 4.31. The van der Waals surface area contributed by atoms with E-state index in [-0.39, 0.29) is 0 Å². The lowest BCUT2D eigenvalue weighted by molar-refractivity contribution is 0.539. The Labute approximate surface area is 125 Å². The predicted octanol–water partition coefficient (Wildman–Crippen LogP) is 4.43. The van der Waals surface area contributed by atoms with Gasteiger partial charge in [-0.2, -0.15) is 0 Å². The topological polar surface area (TPSA) is 29.9 Å². The van der Waals surface area contributed by atoms with Crippen LogP contribution in [0.4, 0.5) is 0 Å². The zero-order valence-corrected chi connectivity index (χ0v) is 13.5. The summed E-state index contributed by atoms with van der Waals surface area (Å²) < 4.78 is 2.07. The summed E-state index contributed by atoms with van der Waals surface area (Å²) in [5.74, 6) is 1.12. The van der Waals surface area contributed by atoms with Crippen LogP contribution in [0.5, 0.6) is 0 Å². The third-order valence-corrected chi connectivity index (χ3v) is 3.91. The van der Waals surface area contributed by atoms with E-state index in [0.717, 1.165) is 18.9 Å². The van der Waals surface area contributed by atoms with Crippen LogP contribution in [0, 0.1) is 0 Å². The highest BCUT2D eigenvalue weighted by Crippen LogP contribution is 2.10. The molecule has 0 fully saturated rings. The van der Waals surface area contributed by atoms with E-state index >= 15 is 0 Å². The average Bonchev–Trinajstić information content (AvgIpc) is 2.85. The molecular formula is C17H33N3. The molecule has 20 heavy (non-hydrogen) atoms. The van der Waals surface area contributed by atoms with E-state index in [9.17, 15) is 0 Å². The van der Waals surface area contributed by atoms with Crippen molar-refractivity contribution in [3.05, 3.63) is 18.2 Å². The number of aromatic nitrogens is 2. The van der Waals surface area contributed by atoms with Crippen LogP contribution < -0.4 is 5.32 Å². The van der Waals surface area contributed by atoms with Gasteiger partial charge in [-0.15, -0.1) is 0 Å². The van der Waals surface area contributed by atoms with Crippen molar-refractivity contribution >= 4 is 0 Å². The van der Waals surface area contributed by atoms with Crippen molar-refractivity contribution in [2.75, 3.05) is 6.54 Å². The number of nitrogens with one attached hydrogen (secondary N) is 1. The highest BCUT2D eigenvalue weighted by molar-refractivity contribution is 4.90. The average molecular weight is 279 g/mol. The molecule has 0 aromatic carbocycles. The third-order valence-electron chi connectivity index (χ3n) is 3.91. The van der Waals surface area contributed by atoms with Gasteiger partial charge in [0.2, 0.25) is 0 Å². The van der Waals surface area contributed by atoms with Crippen molar-refractivity contribution in [1.82, 2.24) is 14.9 Å². The maximum absolute atomic E-state index is 4.31. The Kier molecular flexibility index (Phi) is 10.3. The van der Waals surface area contributed by atoms with E-state index in [1.165, 1.54) is 64.2 Å². The van der Waals surface area contributed by atoms with Crippen molar-refractivity contribution in [2.24, 2.45) is 7.05 Å². The summed E-state index contributed by atoms with van der Waals surface area (Å²) in [5.41, 5.74) is 0. The van der Waals surface area contributed by atoms with E-state index < -0.39 is 0 Å². The summed E-state index contributed by atoms with van der Waals surface area (Å²) in [6.45, 7) is 4.28. The minimum absolute atomic E-state index is 0.890. The quantitative estimate of drug-likeness (QED) is 0.541. The van der Waals surface area contributed by atoms with Crippen LogP contribution in [0.3, 0.4) is 0 Å². The molecule has 0 aliphatic carbocycles. The lowest BCUT2D eigenvalue weighted by Gasteiger charge is -2.05. The summed E-state index contributed by atoms with van der Waals surface area (Å²) in [7, 11) is 2.05. The minimum Gasteiger partial charge on any atom is -0.337 e. The lowest BCUT2D eigenvalue weighted by Crippen LogP contribution is -2.17. The van der Waals surface area contributed by atoms with Crippen molar-refractivity contribution in [1.29, 1.82) is 0 Å². The van der Waals surface area contributed by atoms with Gasteiger partial charge in [-0.05, 0) is 13.0 Å². The monoisotopic (exact) mass is 279 g/mol. The van der Waals surface area contributed by atoms with Gasteiger partial charge in [-0.3, -0.25) is 0 Å². The van der Waals surface area contributed by atoms with Crippen LogP contribution in [-0.2, 0) is 13.6 Å². The predicted molar refractivity (Wildman–Crippen MR) is 86.8 cm³/mol. The molecule has 3 heteroatoms. The molecule has 0 aliphatic heterocycles. The molecule has 0 amide bonds. The molecule has 1 aromatic rings. The van der Waals surface area contributed by atoms with E-state index in [0.29, 0.717) is 0 Å². The highest BCUT2D eigenvalue weighted by atomic mass is 15.1. The number of hydrogen-bond acceptors (Lipinski definition) is 2. The standard InChI is InChI=1S/C17H33N3/c1-3-4-5-6-7-8-9-10-11-12-13-18-16-17-19-14-15-20(17)2/h14-15,18H,3-13,16H2,1-2H3. The molecule has 3 nitrogen and oxygen atoms in total. The maximum atomic E-state index is 4.31. The molecular weight excluding hydrogens is 246 g/mol. The normalized spacial score (nSPS) is 11.1. The molecule has 0 saturated heterocycles. The fourth-order valence-electron chi connectivity index (χ4n) is 2.50. The molecule has 1 heterocycles. The smallest absolute Gasteiger partial charge is 0.122 e. The zero-order chi connectivity index (χ0) is 14.5. The van der Waals surface area contributed by atoms with Gasteiger partial charge < -0.3 is 9.88 Å².